The summed E-state index contributed by atoms with van der Waals surface area (Å²) >= 11 is 3.41. The summed E-state index contributed by atoms with van der Waals surface area (Å²) in [5.41, 5.74) is 1.09. The van der Waals surface area contributed by atoms with Gasteiger partial charge in [0, 0.05) is 17.1 Å². The van der Waals surface area contributed by atoms with Crippen LogP contribution in [0.3, 0.4) is 0 Å². The third kappa shape index (κ3) is 4.49. The Hall–Kier alpha value is -1.07. The molecular formula is C15H21BrN2O2. The summed E-state index contributed by atoms with van der Waals surface area (Å²) in [7, 11) is 0. The average Bonchev–Trinajstić information content (AvgIpc) is 2.39. The second-order valence-corrected chi connectivity index (χ2v) is 6.21. The van der Waals surface area contributed by atoms with Crippen LogP contribution in [0.2, 0.25) is 0 Å². The van der Waals surface area contributed by atoms with E-state index in [4.69, 9.17) is 4.74 Å². The van der Waals surface area contributed by atoms with Crippen molar-refractivity contribution >= 4 is 22.0 Å². The van der Waals surface area contributed by atoms with Crippen molar-refractivity contribution in [2.24, 2.45) is 0 Å². The molecule has 4 nitrogen and oxygen atoms in total. The number of ether oxygens (including phenoxy) is 1. The zero-order chi connectivity index (χ0) is 14.5. The molecule has 1 saturated heterocycles. The molecule has 1 aromatic rings. The zero-order valence-corrected chi connectivity index (χ0v) is 13.4. The Bertz CT molecular complexity index is 450. The minimum Gasteiger partial charge on any atom is -0.378 e. The third-order valence-electron chi connectivity index (χ3n) is 3.54. The van der Waals surface area contributed by atoms with Gasteiger partial charge < -0.3 is 15.4 Å². The quantitative estimate of drug-likeness (QED) is 0.886. The molecule has 2 N–H and O–H groups in total. The largest absolute Gasteiger partial charge is 0.378 e. The van der Waals surface area contributed by atoms with Crippen LogP contribution >= 0.6 is 15.9 Å². The van der Waals surface area contributed by atoms with Crippen LogP contribution in [0.1, 0.15) is 38.3 Å². The van der Waals surface area contributed by atoms with Gasteiger partial charge in [-0.15, -0.1) is 0 Å². The van der Waals surface area contributed by atoms with E-state index < -0.39 is 0 Å². The van der Waals surface area contributed by atoms with Crippen LogP contribution in [-0.2, 0) is 4.74 Å². The Morgan fingerprint density at radius 3 is 2.75 bits per heavy atom. The lowest BCUT2D eigenvalue weighted by atomic mass is 10.0. The van der Waals surface area contributed by atoms with Crippen molar-refractivity contribution in [3.05, 3.63) is 34.3 Å². The fourth-order valence-corrected chi connectivity index (χ4v) is 2.65. The standard InChI is InChI=1S/C15H21BrN2O2/c1-10-9-14(7-8-20-10)18-15(19)17-11(2)12-3-5-13(16)6-4-12/h3-6,10-11,14H,7-9H2,1-2H3,(H2,17,18,19)/t10-,11-,14-/m1/s1. The van der Waals surface area contributed by atoms with Crippen LogP contribution in [0.4, 0.5) is 4.79 Å². The van der Waals surface area contributed by atoms with E-state index >= 15 is 0 Å². The minimum atomic E-state index is -0.112. The molecule has 0 aromatic heterocycles. The van der Waals surface area contributed by atoms with Gasteiger partial charge in [-0.3, -0.25) is 0 Å². The van der Waals surface area contributed by atoms with Crippen molar-refractivity contribution in [3.63, 3.8) is 0 Å². The summed E-state index contributed by atoms with van der Waals surface area (Å²) in [5.74, 6) is 0. The molecule has 1 aliphatic rings. The fraction of sp³-hybridized carbons (Fsp3) is 0.533. The van der Waals surface area contributed by atoms with Crippen LogP contribution in [0.25, 0.3) is 0 Å². The van der Waals surface area contributed by atoms with Crippen molar-refractivity contribution in [2.45, 2.75) is 44.9 Å². The van der Waals surface area contributed by atoms with Crippen molar-refractivity contribution in [2.75, 3.05) is 6.61 Å². The second kappa shape index (κ2) is 7.09. The van der Waals surface area contributed by atoms with Gasteiger partial charge >= 0.3 is 6.03 Å². The van der Waals surface area contributed by atoms with Crippen LogP contribution in [0.15, 0.2) is 28.7 Å². The van der Waals surface area contributed by atoms with Gasteiger partial charge in [0.15, 0.2) is 0 Å². The van der Waals surface area contributed by atoms with Crippen LogP contribution < -0.4 is 10.6 Å². The number of urea groups is 1. The first-order chi connectivity index (χ1) is 9.54. The molecule has 2 rings (SSSR count). The molecule has 110 valence electrons. The Morgan fingerprint density at radius 1 is 1.40 bits per heavy atom. The number of amides is 2. The van der Waals surface area contributed by atoms with Gasteiger partial charge in [0.1, 0.15) is 0 Å². The van der Waals surface area contributed by atoms with E-state index in [2.05, 4.69) is 26.6 Å². The van der Waals surface area contributed by atoms with Gasteiger partial charge in [0.25, 0.3) is 0 Å². The number of carbonyl (C=O) groups is 1. The Kier molecular flexibility index (Phi) is 5.43. The number of hydrogen-bond donors (Lipinski definition) is 2. The third-order valence-corrected chi connectivity index (χ3v) is 4.07. The van der Waals surface area contributed by atoms with E-state index in [1.807, 2.05) is 38.1 Å². The van der Waals surface area contributed by atoms with Gasteiger partial charge in [-0.05, 0) is 44.4 Å². The van der Waals surface area contributed by atoms with Crippen molar-refractivity contribution < 1.29 is 9.53 Å². The molecular weight excluding hydrogens is 320 g/mol. The molecule has 0 saturated carbocycles. The van der Waals surface area contributed by atoms with E-state index in [0.29, 0.717) is 6.61 Å². The van der Waals surface area contributed by atoms with E-state index in [1.54, 1.807) is 0 Å². The van der Waals surface area contributed by atoms with Gasteiger partial charge in [-0.2, -0.15) is 0 Å². The van der Waals surface area contributed by atoms with E-state index in [1.165, 1.54) is 0 Å². The molecule has 0 radical (unpaired) electrons. The highest BCUT2D eigenvalue weighted by Gasteiger charge is 2.21. The summed E-state index contributed by atoms with van der Waals surface area (Å²) in [5, 5.41) is 5.99. The molecule has 0 spiro atoms. The van der Waals surface area contributed by atoms with Crippen LogP contribution in [0.5, 0.6) is 0 Å². The van der Waals surface area contributed by atoms with E-state index in [0.717, 1.165) is 22.9 Å². The topological polar surface area (TPSA) is 50.4 Å². The maximum atomic E-state index is 12.0. The second-order valence-electron chi connectivity index (χ2n) is 5.29. The lowest BCUT2D eigenvalue weighted by Crippen LogP contribution is -2.46. The van der Waals surface area contributed by atoms with Gasteiger partial charge in [-0.1, -0.05) is 28.1 Å². The highest BCUT2D eigenvalue weighted by Crippen LogP contribution is 2.17. The highest BCUT2D eigenvalue weighted by atomic mass is 79.9. The molecule has 20 heavy (non-hydrogen) atoms. The number of nitrogens with one attached hydrogen (secondary N) is 2. The molecule has 0 unspecified atom stereocenters. The predicted octanol–water partition coefficient (Wildman–Crippen LogP) is 3.38. The molecule has 1 heterocycles. The predicted molar refractivity (Wildman–Crippen MR) is 82.7 cm³/mol. The lowest BCUT2D eigenvalue weighted by Gasteiger charge is -2.28. The molecule has 3 atom stereocenters. The van der Waals surface area contributed by atoms with Crippen molar-refractivity contribution in [1.82, 2.24) is 10.6 Å². The molecule has 0 bridgehead atoms. The van der Waals surface area contributed by atoms with E-state index in [-0.39, 0.29) is 24.2 Å². The fourth-order valence-electron chi connectivity index (χ4n) is 2.39. The van der Waals surface area contributed by atoms with Gasteiger partial charge in [0.05, 0.1) is 12.1 Å². The molecule has 1 aliphatic heterocycles. The lowest BCUT2D eigenvalue weighted by molar-refractivity contribution is 0.0153. The summed E-state index contributed by atoms with van der Waals surface area (Å²) in [6, 6.07) is 8.05. The monoisotopic (exact) mass is 340 g/mol. The first-order valence-electron chi connectivity index (χ1n) is 6.98. The SMILES string of the molecule is C[C@@H]1C[C@H](NC(=O)N[C@H](C)c2ccc(Br)cc2)CCO1. The number of rotatable bonds is 3. The van der Waals surface area contributed by atoms with E-state index in [9.17, 15) is 4.79 Å². The summed E-state index contributed by atoms with van der Waals surface area (Å²) in [4.78, 5) is 12.0. The van der Waals surface area contributed by atoms with Crippen LogP contribution in [0, 0.1) is 0 Å². The first kappa shape index (κ1) is 15.3. The summed E-state index contributed by atoms with van der Waals surface area (Å²) < 4.78 is 6.51. The molecule has 5 heteroatoms. The Labute approximate surface area is 128 Å². The highest BCUT2D eigenvalue weighted by molar-refractivity contribution is 9.10. The summed E-state index contributed by atoms with van der Waals surface area (Å²) in [6.07, 6.45) is 1.97. The number of halogens is 1. The number of hydrogen-bond acceptors (Lipinski definition) is 2. The zero-order valence-electron chi connectivity index (χ0n) is 11.9. The van der Waals surface area contributed by atoms with Crippen LogP contribution in [-0.4, -0.2) is 24.8 Å². The smallest absolute Gasteiger partial charge is 0.315 e. The number of carbonyl (C=O) groups excluding carboxylic acids is 1. The maximum Gasteiger partial charge on any atom is 0.315 e. The Morgan fingerprint density at radius 2 is 2.10 bits per heavy atom. The van der Waals surface area contributed by atoms with Crippen molar-refractivity contribution in [1.29, 1.82) is 0 Å². The average molecular weight is 341 g/mol. The normalized spacial score (nSPS) is 23.9. The van der Waals surface area contributed by atoms with Crippen molar-refractivity contribution in [3.8, 4) is 0 Å². The van der Waals surface area contributed by atoms with Gasteiger partial charge in [0.2, 0.25) is 0 Å². The molecule has 1 aromatic carbocycles. The Balaban J connectivity index is 1.83. The maximum absolute atomic E-state index is 12.0. The minimum absolute atomic E-state index is 0.0136. The first-order valence-corrected chi connectivity index (χ1v) is 7.78. The molecule has 1 fully saturated rings. The van der Waals surface area contributed by atoms with Gasteiger partial charge in [-0.25, -0.2) is 4.79 Å². The molecule has 0 aliphatic carbocycles. The number of benzene rings is 1. The summed E-state index contributed by atoms with van der Waals surface area (Å²) in [6.45, 7) is 4.74. The molecule has 2 amide bonds.